The third-order valence-electron chi connectivity index (χ3n) is 0.776. The van der Waals surface area contributed by atoms with E-state index in [0.717, 1.165) is 0 Å². The second-order valence-corrected chi connectivity index (χ2v) is 1.38. The molecule has 2 N–H and O–H groups in total. The predicted octanol–water partition coefficient (Wildman–Crippen LogP) is 0.0663. The molecule has 0 spiro atoms. The third kappa shape index (κ3) is 1.25. The average Bonchev–Trinajstić information content (AvgIpc) is 1.88. The van der Waals surface area contributed by atoms with E-state index >= 15 is 0 Å². The van der Waals surface area contributed by atoms with Gasteiger partial charge in [0.25, 0.3) is 0 Å². The van der Waals surface area contributed by atoms with Crippen LogP contribution in [0.4, 0.5) is 10.3 Å². The summed E-state index contributed by atoms with van der Waals surface area (Å²) in [5, 5.41) is 0. The average molecular weight is 128 g/mol. The molecule has 48 valence electrons. The summed E-state index contributed by atoms with van der Waals surface area (Å²) in [6.45, 7) is 0. The minimum absolute atomic E-state index is 0.00926. The first-order valence-corrected chi connectivity index (χ1v) is 2.25. The third-order valence-corrected chi connectivity index (χ3v) is 0.776. The van der Waals surface area contributed by atoms with Crippen LogP contribution >= 0.6 is 0 Å². The van der Waals surface area contributed by atoms with Gasteiger partial charge in [-0.3, -0.25) is 4.98 Å². The molecular formula is C4H4FN3O. The van der Waals surface area contributed by atoms with Crippen molar-refractivity contribution in [1.29, 1.82) is 0 Å². The van der Waals surface area contributed by atoms with Crippen LogP contribution in [0.2, 0.25) is 0 Å². The number of hydrogen-bond donors (Lipinski definition) is 2. The highest BCUT2D eigenvalue weighted by atomic mass is 18.2. The minimum atomic E-state index is -0.572. The molecular weight excluding hydrogens is 124 g/mol. The van der Waals surface area contributed by atoms with Gasteiger partial charge in [0.1, 0.15) is 5.82 Å². The summed E-state index contributed by atoms with van der Waals surface area (Å²) >= 11 is 0. The zero-order chi connectivity index (χ0) is 6.69. The topological polar surface area (TPSA) is 57.8 Å². The SMILES string of the molecule is O=c1nccc(N[18F])[nH]1. The molecule has 1 rings (SSSR count). The number of rotatable bonds is 1. The largest absolute Gasteiger partial charge is 0.346 e. The van der Waals surface area contributed by atoms with Crippen LogP contribution in [0.3, 0.4) is 0 Å². The van der Waals surface area contributed by atoms with E-state index in [0.29, 0.717) is 0 Å². The maximum Gasteiger partial charge on any atom is 0.346 e. The second kappa shape index (κ2) is 2.25. The van der Waals surface area contributed by atoms with Crippen LogP contribution in [0.25, 0.3) is 0 Å². The van der Waals surface area contributed by atoms with Gasteiger partial charge < -0.3 is 0 Å². The first kappa shape index (κ1) is 5.74. The Hall–Kier alpha value is -1.39. The fraction of sp³-hybridized carbons (Fsp3) is 0. The van der Waals surface area contributed by atoms with E-state index in [-0.39, 0.29) is 5.82 Å². The van der Waals surface area contributed by atoms with E-state index in [1.54, 1.807) is 0 Å². The van der Waals surface area contributed by atoms with Crippen molar-refractivity contribution in [2.24, 2.45) is 0 Å². The summed E-state index contributed by atoms with van der Waals surface area (Å²) in [5.41, 5.74) is 0.701. The predicted molar refractivity (Wildman–Crippen MR) is 29.6 cm³/mol. The Bertz CT molecular complexity index is 246. The first-order valence-electron chi connectivity index (χ1n) is 2.25. The number of aromatic amines is 1. The van der Waals surface area contributed by atoms with Gasteiger partial charge in [-0.05, 0) is 6.07 Å². The monoisotopic (exact) mass is 128 g/mol. The summed E-state index contributed by atoms with van der Waals surface area (Å²) in [7, 11) is 0. The zero-order valence-electron chi connectivity index (χ0n) is 4.39. The van der Waals surface area contributed by atoms with Gasteiger partial charge >= 0.3 is 5.69 Å². The molecule has 1 heterocycles. The second-order valence-electron chi connectivity index (χ2n) is 1.38. The Balaban J connectivity index is 3.08. The molecule has 1 aromatic heterocycles. The van der Waals surface area contributed by atoms with Gasteiger partial charge in [-0.1, -0.05) is 0 Å². The number of hydrogen-bond acceptors (Lipinski definition) is 3. The van der Waals surface area contributed by atoms with E-state index in [2.05, 4.69) is 9.97 Å². The van der Waals surface area contributed by atoms with Crippen molar-refractivity contribution in [3.05, 3.63) is 22.7 Å². The Morgan fingerprint density at radius 3 is 3.00 bits per heavy atom. The standard InChI is InChI=1S/C4H4FN3O/c5-8-3-1-2-6-4(9)7-3/h1-2H,(H2,6,7,8,9)/i5-1. The van der Waals surface area contributed by atoms with Gasteiger partial charge in [0, 0.05) is 6.20 Å². The van der Waals surface area contributed by atoms with Crippen LogP contribution in [0, 0.1) is 0 Å². The molecule has 0 radical (unpaired) electrons. The summed E-state index contributed by atoms with van der Waals surface area (Å²) < 4.78 is 11.5. The molecule has 0 aromatic carbocycles. The first-order chi connectivity index (χ1) is 4.33. The molecule has 0 saturated heterocycles. The minimum Gasteiger partial charge on any atom is -0.290 e. The molecule has 0 aliphatic carbocycles. The molecule has 0 aliphatic rings. The zero-order valence-corrected chi connectivity index (χ0v) is 4.39. The van der Waals surface area contributed by atoms with Crippen molar-refractivity contribution in [1.82, 2.24) is 9.97 Å². The van der Waals surface area contributed by atoms with Crippen LogP contribution in [-0.2, 0) is 0 Å². The Kier molecular flexibility index (Phi) is 1.44. The molecule has 0 amide bonds. The van der Waals surface area contributed by atoms with E-state index < -0.39 is 5.69 Å². The molecule has 5 heteroatoms. The fourth-order valence-corrected chi connectivity index (χ4v) is 0.424. The highest BCUT2D eigenvalue weighted by molar-refractivity contribution is 5.27. The molecule has 0 bridgehead atoms. The Morgan fingerprint density at radius 2 is 2.56 bits per heavy atom. The van der Waals surface area contributed by atoms with E-state index in [1.165, 1.54) is 17.8 Å². The molecule has 0 saturated carbocycles. The molecule has 4 nitrogen and oxygen atoms in total. The lowest BCUT2D eigenvalue weighted by Crippen LogP contribution is -2.09. The van der Waals surface area contributed by atoms with Crippen LogP contribution in [0.1, 0.15) is 0 Å². The summed E-state index contributed by atoms with van der Waals surface area (Å²) in [6, 6.07) is 1.31. The van der Waals surface area contributed by atoms with Crippen molar-refractivity contribution in [3.63, 3.8) is 0 Å². The van der Waals surface area contributed by atoms with Crippen LogP contribution in [0.15, 0.2) is 17.1 Å². The summed E-state index contributed by atoms with van der Waals surface area (Å²) in [5.74, 6) is 0.00926. The quantitative estimate of drug-likeness (QED) is 0.526. The van der Waals surface area contributed by atoms with Gasteiger partial charge in [-0.2, -0.15) is 0 Å². The molecule has 0 aliphatic heterocycles. The van der Waals surface area contributed by atoms with Gasteiger partial charge in [-0.25, -0.2) is 15.3 Å². The van der Waals surface area contributed by atoms with Crippen molar-refractivity contribution in [2.45, 2.75) is 0 Å². The van der Waals surface area contributed by atoms with Gasteiger partial charge in [0.2, 0.25) is 0 Å². The number of nitrogens with zero attached hydrogens (tertiary/aromatic N) is 1. The number of anilines is 1. The van der Waals surface area contributed by atoms with E-state index in [1.807, 2.05) is 0 Å². The number of aromatic nitrogens is 2. The fourth-order valence-electron chi connectivity index (χ4n) is 0.424. The smallest absolute Gasteiger partial charge is 0.290 e. The number of halogens is 1. The lowest BCUT2D eigenvalue weighted by Gasteiger charge is -1.90. The molecule has 9 heavy (non-hydrogen) atoms. The molecule has 1 aromatic rings. The van der Waals surface area contributed by atoms with Crippen LogP contribution in [-0.4, -0.2) is 9.97 Å². The van der Waals surface area contributed by atoms with Gasteiger partial charge in [0.15, 0.2) is 0 Å². The Morgan fingerprint density at radius 1 is 1.78 bits per heavy atom. The number of nitrogens with one attached hydrogen (secondary N) is 2. The van der Waals surface area contributed by atoms with Crippen molar-refractivity contribution < 1.29 is 4.48 Å². The molecule has 0 atom stereocenters. The van der Waals surface area contributed by atoms with Crippen LogP contribution < -0.4 is 11.2 Å². The molecule has 0 unspecified atom stereocenters. The molecule has 0 fully saturated rings. The lowest BCUT2D eigenvalue weighted by molar-refractivity contribution is 0.610. The number of H-pyrrole nitrogens is 1. The van der Waals surface area contributed by atoms with Gasteiger partial charge in [-0.15, -0.1) is 4.48 Å². The van der Waals surface area contributed by atoms with Crippen LogP contribution in [0.5, 0.6) is 0 Å². The normalized spacial score (nSPS) is 9.00. The summed E-state index contributed by atoms with van der Waals surface area (Å²) in [6.07, 6.45) is 1.21. The van der Waals surface area contributed by atoms with E-state index in [4.69, 9.17) is 0 Å². The maximum absolute atomic E-state index is 11.5. The summed E-state index contributed by atoms with van der Waals surface area (Å²) in [4.78, 5) is 15.6. The highest BCUT2D eigenvalue weighted by Gasteiger charge is 1.87. The van der Waals surface area contributed by atoms with E-state index in [9.17, 15) is 9.28 Å². The van der Waals surface area contributed by atoms with Crippen molar-refractivity contribution >= 4 is 5.82 Å². The van der Waals surface area contributed by atoms with Crippen molar-refractivity contribution in [3.8, 4) is 0 Å². The van der Waals surface area contributed by atoms with Crippen molar-refractivity contribution in [2.75, 3.05) is 5.54 Å². The van der Waals surface area contributed by atoms with Gasteiger partial charge in [0.05, 0.1) is 0 Å². The maximum atomic E-state index is 11.5. The highest BCUT2D eigenvalue weighted by Crippen LogP contribution is 1.93. The Labute approximate surface area is 49.7 Å². The lowest BCUT2D eigenvalue weighted by atomic mass is 10.6.